The van der Waals surface area contributed by atoms with Crippen molar-refractivity contribution in [3.05, 3.63) is 0 Å². The van der Waals surface area contributed by atoms with E-state index < -0.39 is 0 Å². The molecule has 4 aliphatic carbocycles. The molecule has 1 amide bonds. The third-order valence-electron chi connectivity index (χ3n) is 14.8. The van der Waals surface area contributed by atoms with Crippen LogP contribution in [0.3, 0.4) is 0 Å². The topological polar surface area (TPSA) is 96.9 Å². The number of aliphatic hydroxyl groups excluding tert-OH is 2. The number of nitrogens with zero attached hydrogens (tertiary/aromatic N) is 1. The summed E-state index contributed by atoms with van der Waals surface area (Å²) in [6, 6.07) is 0.475. The Bertz CT molecular complexity index is 1040. The second-order valence-corrected chi connectivity index (χ2v) is 20.0. The van der Waals surface area contributed by atoms with Gasteiger partial charge in [0.15, 0.2) is 0 Å². The Morgan fingerprint density at radius 2 is 1.57 bits per heavy atom. The maximum Gasteiger partial charge on any atom is 0.220 e. The lowest BCUT2D eigenvalue weighted by molar-refractivity contribution is -0.174. The number of rotatable bonds is 17. The van der Waals surface area contributed by atoms with Crippen LogP contribution in [-0.4, -0.2) is 84.1 Å². The van der Waals surface area contributed by atoms with E-state index >= 15 is 0 Å². The van der Waals surface area contributed by atoms with E-state index in [2.05, 4.69) is 90.1 Å². The summed E-state index contributed by atoms with van der Waals surface area (Å²) < 4.78 is 0. The predicted octanol–water partition coefficient (Wildman–Crippen LogP) is 7.00. The molecule has 4 fully saturated rings. The molecule has 4 saturated carbocycles. The molecular weight excluding hydrogens is 608 g/mol. The van der Waals surface area contributed by atoms with Crippen LogP contribution in [-0.2, 0) is 4.79 Å². The second kappa shape index (κ2) is 16.9. The minimum atomic E-state index is -0.264. The van der Waals surface area contributed by atoms with Crippen molar-refractivity contribution in [2.24, 2.45) is 51.8 Å². The summed E-state index contributed by atoms with van der Waals surface area (Å²) in [5.74, 6) is 3.56. The largest absolute Gasteiger partial charge is 0.393 e. The van der Waals surface area contributed by atoms with E-state index in [1.54, 1.807) is 0 Å². The van der Waals surface area contributed by atoms with Gasteiger partial charge in [-0.25, -0.2) is 0 Å². The van der Waals surface area contributed by atoms with Crippen LogP contribution >= 0.6 is 0 Å². The summed E-state index contributed by atoms with van der Waals surface area (Å²) in [6.07, 6.45) is 12.0. The molecule has 0 bridgehead atoms. The van der Waals surface area contributed by atoms with Gasteiger partial charge in [-0.2, -0.15) is 0 Å². The molecule has 0 aromatic rings. The quantitative estimate of drug-likeness (QED) is 0.106. The minimum absolute atomic E-state index is 0.0129. The maximum atomic E-state index is 13.2. The first-order chi connectivity index (χ1) is 22.9. The fourth-order valence-corrected chi connectivity index (χ4v) is 11.5. The first-order valence-corrected chi connectivity index (χ1v) is 20.7. The van der Waals surface area contributed by atoms with Crippen LogP contribution < -0.4 is 16.0 Å². The molecule has 0 spiro atoms. The van der Waals surface area contributed by atoms with Gasteiger partial charge in [-0.15, -0.1) is 0 Å². The number of aliphatic hydroxyl groups is 2. The number of fused-ring (bicyclic) bond motifs is 5. The predicted molar refractivity (Wildman–Crippen MR) is 204 cm³/mol. The highest BCUT2D eigenvalue weighted by Crippen LogP contribution is 2.68. The molecule has 7 heteroatoms. The molecule has 0 aliphatic heterocycles. The lowest BCUT2D eigenvalue weighted by Crippen LogP contribution is -2.58. The molecular formula is C42H80N4O3. The summed E-state index contributed by atoms with van der Waals surface area (Å²) >= 11 is 0. The van der Waals surface area contributed by atoms with E-state index in [4.69, 9.17) is 0 Å². The molecule has 0 aromatic heterocycles. The minimum Gasteiger partial charge on any atom is -0.393 e. The van der Waals surface area contributed by atoms with Gasteiger partial charge in [0.2, 0.25) is 5.91 Å². The summed E-state index contributed by atoms with van der Waals surface area (Å²) in [5.41, 5.74) is 0.557. The van der Waals surface area contributed by atoms with Gasteiger partial charge in [-0.3, -0.25) is 9.69 Å². The fourth-order valence-electron chi connectivity index (χ4n) is 11.5. The van der Waals surface area contributed by atoms with Crippen molar-refractivity contribution in [2.75, 3.05) is 39.3 Å². The number of hydrogen-bond acceptors (Lipinski definition) is 6. The SMILES string of the molecule is CC(C)NCCN(CCNCCC(C)(C)C)C(C)(C)CCNC(=O)CCC(C)C1CCC2C3CCC4CC(O)CCC4(C)C3CC(O)C12C. The molecule has 0 heterocycles. The summed E-state index contributed by atoms with van der Waals surface area (Å²) in [6.45, 7) is 28.9. The summed E-state index contributed by atoms with van der Waals surface area (Å²) in [4.78, 5) is 15.8. The zero-order valence-electron chi connectivity index (χ0n) is 33.7. The van der Waals surface area contributed by atoms with Gasteiger partial charge in [0.1, 0.15) is 0 Å². The molecule has 0 radical (unpaired) electrons. The third kappa shape index (κ3) is 10.0. The molecule has 4 aliphatic rings. The van der Waals surface area contributed by atoms with Crippen molar-refractivity contribution in [1.82, 2.24) is 20.9 Å². The Morgan fingerprint density at radius 3 is 2.27 bits per heavy atom. The van der Waals surface area contributed by atoms with Gasteiger partial charge in [-0.1, -0.05) is 55.4 Å². The summed E-state index contributed by atoms with van der Waals surface area (Å²) in [5, 5.41) is 32.9. The molecule has 286 valence electrons. The molecule has 0 aromatic carbocycles. The maximum absolute atomic E-state index is 13.2. The average molecular weight is 689 g/mol. The Morgan fingerprint density at radius 1 is 0.857 bits per heavy atom. The highest BCUT2D eigenvalue weighted by molar-refractivity contribution is 5.75. The average Bonchev–Trinajstić information content (AvgIpc) is 3.37. The van der Waals surface area contributed by atoms with Gasteiger partial charge >= 0.3 is 0 Å². The van der Waals surface area contributed by atoms with Crippen LogP contribution in [0.1, 0.15) is 146 Å². The van der Waals surface area contributed by atoms with Crippen LogP contribution in [0.15, 0.2) is 0 Å². The van der Waals surface area contributed by atoms with Gasteiger partial charge in [0.25, 0.3) is 0 Å². The van der Waals surface area contributed by atoms with Crippen LogP contribution in [0.4, 0.5) is 0 Å². The Hall–Kier alpha value is -0.730. The third-order valence-corrected chi connectivity index (χ3v) is 14.8. The van der Waals surface area contributed by atoms with Crippen molar-refractivity contribution in [2.45, 2.75) is 170 Å². The van der Waals surface area contributed by atoms with E-state index in [0.29, 0.717) is 59.9 Å². The van der Waals surface area contributed by atoms with Crippen molar-refractivity contribution < 1.29 is 15.0 Å². The molecule has 10 unspecified atom stereocenters. The molecule has 5 N–H and O–H groups in total. The van der Waals surface area contributed by atoms with Crippen molar-refractivity contribution in [3.63, 3.8) is 0 Å². The standard InChI is InChI=1S/C42H80N4O3/c1-29(2)44-24-26-46(25-23-43-21-19-39(4,5)6)40(7,8)20-22-45-38(49)16-11-30(3)34-14-15-35-33-13-12-31-27-32(47)17-18-41(31,9)36(33)28-37(48)42(34,35)10/h29-37,43-44,47-48H,11-28H2,1-10H3,(H,45,49). The first kappa shape index (κ1) is 41.0. The van der Waals surface area contributed by atoms with Crippen LogP contribution in [0, 0.1) is 51.8 Å². The van der Waals surface area contributed by atoms with E-state index in [1.807, 2.05) is 0 Å². The zero-order valence-corrected chi connectivity index (χ0v) is 33.7. The number of carbonyl (C=O) groups excluding carboxylic acids is 1. The van der Waals surface area contributed by atoms with E-state index in [1.165, 1.54) is 32.1 Å². The summed E-state index contributed by atoms with van der Waals surface area (Å²) in [7, 11) is 0. The van der Waals surface area contributed by atoms with Crippen molar-refractivity contribution in [3.8, 4) is 0 Å². The van der Waals surface area contributed by atoms with E-state index in [-0.39, 0.29) is 34.5 Å². The number of amides is 1. The number of hydrogen-bond donors (Lipinski definition) is 5. The second-order valence-electron chi connectivity index (χ2n) is 20.0. The normalized spacial score (nSPS) is 35.6. The lowest BCUT2D eigenvalue weighted by atomic mass is 9.43. The lowest BCUT2D eigenvalue weighted by Gasteiger charge is -2.62. The van der Waals surface area contributed by atoms with Crippen LogP contribution in [0.5, 0.6) is 0 Å². The van der Waals surface area contributed by atoms with Gasteiger partial charge in [0, 0.05) is 50.7 Å². The zero-order chi connectivity index (χ0) is 36.2. The van der Waals surface area contributed by atoms with Crippen LogP contribution in [0.2, 0.25) is 0 Å². The smallest absolute Gasteiger partial charge is 0.220 e. The Labute approximate surface area is 302 Å². The van der Waals surface area contributed by atoms with Gasteiger partial charge in [-0.05, 0) is 143 Å². The Balaban J connectivity index is 1.25. The van der Waals surface area contributed by atoms with Gasteiger partial charge in [0.05, 0.1) is 12.2 Å². The fraction of sp³-hybridized carbons (Fsp3) is 0.976. The highest BCUT2D eigenvalue weighted by atomic mass is 16.3. The van der Waals surface area contributed by atoms with Crippen molar-refractivity contribution >= 4 is 5.91 Å². The monoisotopic (exact) mass is 689 g/mol. The van der Waals surface area contributed by atoms with Gasteiger partial charge < -0.3 is 26.2 Å². The van der Waals surface area contributed by atoms with E-state index in [0.717, 1.165) is 71.2 Å². The van der Waals surface area contributed by atoms with Crippen molar-refractivity contribution in [1.29, 1.82) is 0 Å². The first-order valence-electron chi connectivity index (χ1n) is 20.7. The Kier molecular flexibility index (Phi) is 14.2. The number of nitrogens with one attached hydrogen (secondary N) is 3. The molecule has 7 nitrogen and oxygen atoms in total. The van der Waals surface area contributed by atoms with Crippen LogP contribution in [0.25, 0.3) is 0 Å². The molecule has 49 heavy (non-hydrogen) atoms. The molecule has 4 rings (SSSR count). The highest BCUT2D eigenvalue weighted by Gasteiger charge is 2.63. The molecule has 10 atom stereocenters. The molecule has 0 saturated heterocycles. The van der Waals surface area contributed by atoms with E-state index in [9.17, 15) is 15.0 Å². The number of carbonyl (C=O) groups is 1.